The molecule has 4 nitrogen and oxygen atoms in total. The van der Waals surface area contributed by atoms with E-state index >= 15 is 0 Å². The molecule has 118 valence electrons. The summed E-state index contributed by atoms with van der Waals surface area (Å²) in [5, 5.41) is 9.21. The predicted molar refractivity (Wildman–Crippen MR) is 91.2 cm³/mol. The number of nitrogens with zero attached hydrogens (tertiary/aromatic N) is 1. The molecule has 0 radical (unpaired) electrons. The van der Waals surface area contributed by atoms with Gasteiger partial charge in [0, 0.05) is 16.6 Å². The van der Waals surface area contributed by atoms with E-state index in [1.54, 1.807) is 24.3 Å². The van der Waals surface area contributed by atoms with Crippen molar-refractivity contribution in [2.24, 2.45) is 0 Å². The summed E-state index contributed by atoms with van der Waals surface area (Å²) in [6.07, 6.45) is 0.859. The van der Waals surface area contributed by atoms with Crippen molar-refractivity contribution in [3.63, 3.8) is 0 Å². The fourth-order valence-electron chi connectivity index (χ4n) is 2.92. The van der Waals surface area contributed by atoms with Crippen LogP contribution in [0.5, 0.6) is 0 Å². The van der Waals surface area contributed by atoms with Crippen LogP contribution in [0.15, 0.2) is 53.4 Å². The smallest absolute Gasteiger partial charge is 0.336 e. The van der Waals surface area contributed by atoms with E-state index in [1.807, 2.05) is 36.1 Å². The van der Waals surface area contributed by atoms with Gasteiger partial charge in [0.25, 0.3) is 0 Å². The van der Waals surface area contributed by atoms with Gasteiger partial charge in [-0.2, -0.15) is 0 Å². The molecule has 23 heavy (non-hydrogen) atoms. The Balaban J connectivity index is 1.75. The molecular formula is C18H17NO3S. The van der Waals surface area contributed by atoms with Crippen molar-refractivity contribution < 1.29 is 14.7 Å². The van der Waals surface area contributed by atoms with Gasteiger partial charge in [0.15, 0.2) is 0 Å². The monoisotopic (exact) mass is 327 g/mol. The Hall–Kier alpha value is -2.27. The van der Waals surface area contributed by atoms with Gasteiger partial charge in [-0.05, 0) is 37.1 Å². The van der Waals surface area contributed by atoms with Gasteiger partial charge in [-0.15, -0.1) is 11.8 Å². The lowest BCUT2D eigenvalue weighted by molar-refractivity contribution is -0.116. The molecule has 0 spiro atoms. The van der Waals surface area contributed by atoms with Crippen LogP contribution >= 0.6 is 11.8 Å². The van der Waals surface area contributed by atoms with E-state index < -0.39 is 5.97 Å². The highest BCUT2D eigenvalue weighted by Crippen LogP contribution is 2.33. The summed E-state index contributed by atoms with van der Waals surface area (Å²) in [4.78, 5) is 26.3. The number of rotatable bonds is 4. The first-order valence-corrected chi connectivity index (χ1v) is 8.41. The summed E-state index contributed by atoms with van der Waals surface area (Å²) < 4.78 is 0. The van der Waals surface area contributed by atoms with Crippen LogP contribution in [0.25, 0.3) is 0 Å². The van der Waals surface area contributed by atoms with E-state index in [-0.39, 0.29) is 23.3 Å². The van der Waals surface area contributed by atoms with E-state index in [0.717, 1.165) is 12.1 Å². The fraction of sp³-hybridized carbons (Fsp3) is 0.222. The molecule has 5 heteroatoms. The van der Waals surface area contributed by atoms with Gasteiger partial charge in [0.05, 0.1) is 11.3 Å². The summed E-state index contributed by atoms with van der Waals surface area (Å²) in [6, 6.07) is 14.8. The molecule has 1 aliphatic heterocycles. The lowest BCUT2D eigenvalue weighted by Gasteiger charge is -2.22. The molecular weight excluding hydrogens is 310 g/mol. The molecule has 0 fully saturated rings. The molecule has 0 aromatic heterocycles. The second-order valence-corrected chi connectivity index (χ2v) is 6.55. The summed E-state index contributed by atoms with van der Waals surface area (Å²) in [6.45, 7) is 2.04. The van der Waals surface area contributed by atoms with Gasteiger partial charge in [-0.25, -0.2) is 4.79 Å². The van der Waals surface area contributed by atoms with Crippen LogP contribution in [0.2, 0.25) is 0 Å². The van der Waals surface area contributed by atoms with Gasteiger partial charge < -0.3 is 10.0 Å². The fourth-order valence-corrected chi connectivity index (χ4v) is 3.83. The summed E-state index contributed by atoms with van der Waals surface area (Å²) in [5.41, 5.74) is 2.39. The van der Waals surface area contributed by atoms with Gasteiger partial charge in [-0.3, -0.25) is 4.79 Å². The maximum absolute atomic E-state index is 12.6. The van der Waals surface area contributed by atoms with Crippen molar-refractivity contribution in [1.82, 2.24) is 0 Å². The normalized spacial score (nSPS) is 16.2. The van der Waals surface area contributed by atoms with Crippen molar-refractivity contribution >= 4 is 29.3 Å². The molecule has 0 aliphatic carbocycles. The molecule has 0 bridgehead atoms. The van der Waals surface area contributed by atoms with E-state index in [4.69, 9.17) is 0 Å². The minimum absolute atomic E-state index is 0.00708. The first kappa shape index (κ1) is 15.6. The number of hydrogen-bond donors (Lipinski definition) is 1. The maximum atomic E-state index is 12.6. The van der Waals surface area contributed by atoms with Crippen molar-refractivity contribution in [2.75, 3.05) is 10.7 Å². The molecule has 1 aliphatic rings. The SMILES string of the molecule is C[C@H]1Cc2ccccc2N1C(=O)CSc1ccccc1C(=O)O. The molecule has 1 N–H and O–H groups in total. The topological polar surface area (TPSA) is 57.6 Å². The van der Waals surface area contributed by atoms with Gasteiger partial charge in [0.2, 0.25) is 5.91 Å². The maximum Gasteiger partial charge on any atom is 0.336 e. The molecule has 0 saturated carbocycles. The Labute approximate surface area is 139 Å². The average Bonchev–Trinajstić information content (AvgIpc) is 2.88. The van der Waals surface area contributed by atoms with E-state index in [9.17, 15) is 14.7 Å². The quantitative estimate of drug-likeness (QED) is 0.874. The van der Waals surface area contributed by atoms with Crippen LogP contribution in [0.4, 0.5) is 5.69 Å². The summed E-state index contributed by atoms with van der Waals surface area (Å²) >= 11 is 1.27. The van der Waals surface area contributed by atoms with Crippen LogP contribution in [0.1, 0.15) is 22.8 Å². The second kappa shape index (κ2) is 6.46. The third-order valence-corrected chi connectivity index (χ3v) is 5.00. The van der Waals surface area contributed by atoms with E-state index in [1.165, 1.54) is 17.3 Å². The number of carbonyl (C=O) groups excluding carboxylic acids is 1. The zero-order chi connectivity index (χ0) is 16.4. The van der Waals surface area contributed by atoms with Crippen molar-refractivity contribution in [1.29, 1.82) is 0 Å². The van der Waals surface area contributed by atoms with Gasteiger partial charge >= 0.3 is 5.97 Å². The largest absolute Gasteiger partial charge is 0.478 e. The first-order valence-electron chi connectivity index (χ1n) is 7.43. The number of carboxylic acids is 1. The van der Waals surface area contributed by atoms with Gasteiger partial charge in [0.1, 0.15) is 0 Å². The van der Waals surface area contributed by atoms with Crippen LogP contribution in [-0.4, -0.2) is 28.8 Å². The lowest BCUT2D eigenvalue weighted by Crippen LogP contribution is -2.37. The minimum Gasteiger partial charge on any atom is -0.478 e. The van der Waals surface area contributed by atoms with E-state index in [0.29, 0.717) is 4.90 Å². The zero-order valence-corrected chi connectivity index (χ0v) is 13.5. The Kier molecular flexibility index (Phi) is 4.39. The zero-order valence-electron chi connectivity index (χ0n) is 12.7. The van der Waals surface area contributed by atoms with E-state index in [2.05, 4.69) is 0 Å². The molecule has 1 heterocycles. The highest BCUT2D eigenvalue weighted by atomic mass is 32.2. The Morgan fingerprint density at radius 2 is 1.87 bits per heavy atom. The number of amides is 1. The summed E-state index contributed by atoms with van der Waals surface area (Å²) in [7, 11) is 0. The standard InChI is InChI=1S/C18H17NO3S/c1-12-10-13-6-2-4-8-15(13)19(12)17(20)11-23-16-9-5-3-7-14(16)18(21)22/h2-9,12H,10-11H2,1H3,(H,21,22)/t12-/m0/s1. The third kappa shape index (κ3) is 3.10. The Morgan fingerprint density at radius 1 is 1.17 bits per heavy atom. The first-order chi connectivity index (χ1) is 11.1. The number of carboxylic acid groups (broad SMARTS) is 1. The number of fused-ring (bicyclic) bond motifs is 1. The molecule has 3 rings (SSSR count). The average molecular weight is 327 g/mol. The molecule has 0 unspecified atom stereocenters. The number of carbonyl (C=O) groups is 2. The van der Waals surface area contributed by atoms with Crippen LogP contribution in [-0.2, 0) is 11.2 Å². The second-order valence-electron chi connectivity index (χ2n) is 5.54. The minimum atomic E-state index is -0.972. The molecule has 0 saturated heterocycles. The molecule has 2 aromatic carbocycles. The van der Waals surface area contributed by atoms with Crippen molar-refractivity contribution in [2.45, 2.75) is 24.3 Å². The lowest BCUT2D eigenvalue weighted by atomic mass is 10.1. The van der Waals surface area contributed by atoms with Gasteiger partial charge in [-0.1, -0.05) is 30.3 Å². The number of para-hydroxylation sites is 1. The Morgan fingerprint density at radius 3 is 2.65 bits per heavy atom. The highest BCUT2D eigenvalue weighted by Gasteiger charge is 2.30. The number of anilines is 1. The Bertz CT molecular complexity index is 759. The number of benzene rings is 2. The van der Waals surface area contributed by atoms with Crippen LogP contribution in [0.3, 0.4) is 0 Å². The highest BCUT2D eigenvalue weighted by molar-refractivity contribution is 8.00. The molecule has 2 aromatic rings. The van der Waals surface area contributed by atoms with Crippen LogP contribution in [0, 0.1) is 0 Å². The predicted octanol–water partition coefficient (Wildman–Crippen LogP) is 3.45. The number of thioether (sulfide) groups is 1. The number of hydrogen-bond acceptors (Lipinski definition) is 3. The number of aromatic carboxylic acids is 1. The molecule has 1 amide bonds. The third-order valence-electron chi connectivity index (χ3n) is 3.94. The summed E-state index contributed by atoms with van der Waals surface area (Å²) in [5.74, 6) is -0.740. The molecule has 1 atom stereocenters. The van der Waals surface area contributed by atoms with Crippen molar-refractivity contribution in [3.05, 3.63) is 59.7 Å². The van der Waals surface area contributed by atoms with Crippen molar-refractivity contribution in [3.8, 4) is 0 Å². The van der Waals surface area contributed by atoms with Crippen LogP contribution < -0.4 is 4.90 Å².